The zero-order valence-electron chi connectivity index (χ0n) is 17.6. The molecule has 8 nitrogen and oxygen atoms in total. The number of anilines is 1. The number of halogens is 3. The Morgan fingerprint density at radius 3 is 2.21 bits per heavy atom. The lowest BCUT2D eigenvalue weighted by Gasteiger charge is -2.16. The first-order valence-electron chi connectivity index (χ1n) is 9.65. The largest absolute Gasteiger partial charge is 0.480 e. The Kier molecular flexibility index (Phi) is 6.84. The summed E-state index contributed by atoms with van der Waals surface area (Å²) in [6.45, 7) is -1.60. The number of aliphatic carboxylic acids is 1. The molecule has 2 aromatic carbocycles. The fourth-order valence-corrected chi connectivity index (χ4v) is 4.09. The smallest absolute Gasteiger partial charge is 0.417 e. The van der Waals surface area contributed by atoms with Gasteiger partial charge >= 0.3 is 12.1 Å². The average Bonchev–Trinajstić information content (AvgIpc) is 3.10. The molecule has 1 heterocycles. The van der Waals surface area contributed by atoms with Crippen LogP contribution in [0.25, 0.3) is 11.3 Å². The summed E-state index contributed by atoms with van der Waals surface area (Å²) in [5, 5.41) is 21.7. The highest BCUT2D eigenvalue weighted by Gasteiger charge is 2.35. The summed E-state index contributed by atoms with van der Waals surface area (Å²) in [6, 6.07) is 9.61. The molecule has 3 aromatic rings. The number of aliphatic hydroxyl groups excluding tert-OH is 1. The molecule has 34 heavy (non-hydrogen) atoms. The first kappa shape index (κ1) is 25.0. The van der Waals surface area contributed by atoms with Crippen molar-refractivity contribution in [3.63, 3.8) is 0 Å². The maximum atomic E-state index is 13.6. The predicted molar refractivity (Wildman–Crippen MR) is 116 cm³/mol. The maximum absolute atomic E-state index is 13.6. The number of carboxylic acids is 1. The molecule has 0 aliphatic rings. The number of carbonyl (C=O) groups is 2. The van der Waals surface area contributed by atoms with Crippen molar-refractivity contribution in [2.75, 3.05) is 11.6 Å². The summed E-state index contributed by atoms with van der Waals surface area (Å²) < 4.78 is 65.0. The normalized spacial score (nSPS) is 11.9. The van der Waals surface area contributed by atoms with Gasteiger partial charge in [0, 0.05) is 29.3 Å². The number of aromatic nitrogens is 1. The number of carboxylic acid groups (broad SMARTS) is 1. The number of aliphatic hydroxyl groups is 1. The van der Waals surface area contributed by atoms with Gasteiger partial charge in [0.1, 0.15) is 6.54 Å². The first-order valence-corrected chi connectivity index (χ1v) is 11.5. The van der Waals surface area contributed by atoms with Crippen LogP contribution in [0.2, 0.25) is 0 Å². The van der Waals surface area contributed by atoms with Crippen molar-refractivity contribution < 1.29 is 41.4 Å². The summed E-state index contributed by atoms with van der Waals surface area (Å²) in [7, 11) is -3.47. The monoisotopic (exact) mass is 496 g/mol. The number of benzene rings is 2. The van der Waals surface area contributed by atoms with Crippen LogP contribution in [0.15, 0.2) is 59.6 Å². The Balaban J connectivity index is 2.11. The van der Waals surface area contributed by atoms with Gasteiger partial charge in [0.15, 0.2) is 9.84 Å². The summed E-state index contributed by atoms with van der Waals surface area (Å²) in [4.78, 5) is 24.3. The Bertz CT molecular complexity index is 1350. The zero-order valence-corrected chi connectivity index (χ0v) is 18.4. The second-order valence-corrected chi connectivity index (χ2v) is 9.36. The third-order valence-corrected chi connectivity index (χ3v) is 6.05. The van der Waals surface area contributed by atoms with E-state index in [-0.39, 0.29) is 27.4 Å². The van der Waals surface area contributed by atoms with Crippen molar-refractivity contribution in [1.82, 2.24) is 4.57 Å². The minimum atomic E-state index is -4.77. The van der Waals surface area contributed by atoms with E-state index in [0.717, 1.165) is 29.2 Å². The Morgan fingerprint density at radius 1 is 1.06 bits per heavy atom. The van der Waals surface area contributed by atoms with Gasteiger partial charge in [-0.15, -0.1) is 0 Å². The van der Waals surface area contributed by atoms with E-state index >= 15 is 0 Å². The molecule has 1 aromatic heterocycles. The molecule has 0 aliphatic heterocycles. The fraction of sp³-hybridized carbons (Fsp3) is 0.182. The van der Waals surface area contributed by atoms with E-state index in [1.165, 1.54) is 36.4 Å². The average molecular weight is 496 g/mol. The van der Waals surface area contributed by atoms with Crippen molar-refractivity contribution in [1.29, 1.82) is 0 Å². The van der Waals surface area contributed by atoms with Gasteiger partial charge in [-0.1, -0.05) is 18.2 Å². The number of hydrogen-bond acceptors (Lipinski definition) is 5. The number of hydrogen-bond donors (Lipinski definition) is 3. The molecule has 0 atom stereocenters. The molecule has 0 saturated heterocycles. The van der Waals surface area contributed by atoms with Crippen LogP contribution in [0.4, 0.5) is 18.9 Å². The van der Waals surface area contributed by atoms with E-state index in [0.29, 0.717) is 0 Å². The Hall–Kier alpha value is -3.64. The topological polar surface area (TPSA) is 126 Å². The molecular formula is C22H19F3N2O6S. The van der Waals surface area contributed by atoms with Crippen LogP contribution in [-0.4, -0.2) is 41.3 Å². The van der Waals surface area contributed by atoms with Gasteiger partial charge in [-0.25, -0.2) is 8.42 Å². The molecule has 0 spiro atoms. The molecule has 1 amide bonds. The third kappa shape index (κ3) is 5.29. The second-order valence-electron chi connectivity index (χ2n) is 7.34. The van der Waals surface area contributed by atoms with Crippen LogP contribution in [0.5, 0.6) is 0 Å². The third-order valence-electron chi connectivity index (χ3n) is 4.92. The Morgan fingerprint density at radius 2 is 1.68 bits per heavy atom. The van der Waals surface area contributed by atoms with E-state index in [4.69, 9.17) is 0 Å². The molecule has 3 rings (SSSR count). The van der Waals surface area contributed by atoms with Crippen molar-refractivity contribution in [3.8, 4) is 11.3 Å². The standard InChI is InChI=1S/C22H19F3N2O6S/c1-34(32,33)14-8-6-13(7-9-14)26-21(31)16-10-27(11-19(29)30)20(17(16)12-28)15-4-2-3-5-18(15)22(23,24)25/h2-10,28H,11-12H2,1H3,(H,26,31)(H,29,30). The van der Waals surface area contributed by atoms with Crippen LogP contribution in [-0.2, 0) is 34.0 Å². The number of nitrogens with one attached hydrogen (secondary N) is 1. The van der Waals surface area contributed by atoms with Gasteiger partial charge in [0.2, 0.25) is 0 Å². The van der Waals surface area contributed by atoms with Crippen molar-refractivity contribution >= 4 is 27.4 Å². The fourth-order valence-electron chi connectivity index (χ4n) is 3.46. The second kappa shape index (κ2) is 9.31. The number of sulfone groups is 1. The highest BCUT2D eigenvalue weighted by molar-refractivity contribution is 7.90. The van der Waals surface area contributed by atoms with Gasteiger partial charge < -0.3 is 20.1 Å². The van der Waals surface area contributed by atoms with Crippen molar-refractivity contribution in [2.24, 2.45) is 0 Å². The predicted octanol–water partition coefficient (Wildman–Crippen LogP) is 3.41. The van der Waals surface area contributed by atoms with Gasteiger partial charge in [-0.2, -0.15) is 13.2 Å². The van der Waals surface area contributed by atoms with Crippen LogP contribution in [0, 0.1) is 0 Å². The number of amides is 1. The lowest BCUT2D eigenvalue weighted by Crippen LogP contribution is -2.13. The Labute approximate surface area is 192 Å². The van der Waals surface area contributed by atoms with Crippen LogP contribution < -0.4 is 5.32 Å². The van der Waals surface area contributed by atoms with E-state index in [9.17, 15) is 41.4 Å². The highest BCUT2D eigenvalue weighted by atomic mass is 32.2. The minimum absolute atomic E-state index is 0.0141. The quantitative estimate of drug-likeness (QED) is 0.460. The van der Waals surface area contributed by atoms with Gasteiger partial charge in [0.05, 0.1) is 28.3 Å². The van der Waals surface area contributed by atoms with E-state index in [1.807, 2.05) is 0 Å². The molecule has 0 radical (unpaired) electrons. The lowest BCUT2D eigenvalue weighted by molar-refractivity contribution is -0.138. The van der Waals surface area contributed by atoms with E-state index < -0.39 is 52.2 Å². The molecule has 0 fully saturated rings. The summed E-state index contributed by atoms with van der Waals surface area (Å²) >= 11 is 0. The van der Waals surface area contributed by atoms with Gasteiger partial charge in [-0.05, 0) is 30.3 Å². The molecule has 12 heteroatoms. The van der Waals surface area contributed by atoms with Crippen LogP contribution >= 0.6 is 0 Å². The van der Waals surface area contributed by atoms with Gasteiger partial charge in [-0.3, -0.25) is 9.59 Å². The van der Waals surface area contributed by atoms with Gasteiger partial charge in [0.25, 0.3) is 5.91 Å². The summed E-state index contributed by atoms with van der Waals surface area (Å²) in [5.74, 6) is -2.19. The summed E-state index contributed by atoms with van der Waals surface area (Å²) in [6.07, 6.45) is -2.70. The van der Waals surface area contributed by atoms with Crippen molar-refractivity contribution in [2.45, 2.75) is 24.2 Å². The van der Waals surface area contributed by atoms with E-state index in [1.54, 1.807) is 0 Å². The number of rotatable bonds is 7. The number of nitrogens with zero attached hydrogens (tertiary/aromatic N) is 1. The zero-order chi connectivity index (χ0) is 25.3. The number of carbonyl (C=O) groups excluding carboxylic acids is 1. The molecule has 0 bridgehead atoms. The molecule has 180 valence electrons. The van der Waals surface area contributed by atoms with Crippen molar-refractivity contribution in [3.05, 3.63) is 71.4 Å². The lowest BCUT2D eigenvalue weighted by atomic mass is 9.99. The molecule has 0 unspecified atom stereocenters. The van der Waals surface area contributed by atoms with E-state index in [2.05, 4.69) is 5.32 Å². The first-order chi connectivity index (χ1) is 15.8. The molecule has 0 saturated carbocycles. The van der Waals surface area contributed by atoms with Crippen LogP contribution in [0.3, 0.4) is 0 Å². The molecule has 0 aliphatic carbocycles. The minimum Gasteiger partial charge on any atom is -0.480 e. The summed E-state index contributed by atoms with van der Waals surface area (Å²) in [5.41, 5.74) is -1.94. The SMILES string of the molecule is CS(=O)(=O)c1ccc(NC(=O)c2cn(CC(=O)O)c(-c3ccccc3C(F)(F)F)c2CO)cc1. The number of alkyl halides is 3. The maximum Gasteiger partial charge on any atom is 0.417 e. The highest BCUT2D eigenvalue weighted by Crippen LogP contribution is 2.39. The molecular weight excluding hydrogens is 477 g/mol. The molecule has 3 N–H and O–H groups in total. The van der Waals surface area contributed by atoms with Crippen LogP contribution in [0.1, 0.15) is 21.5 Å².